The van der Waals surface area contributed by atoms with Gasteiger partial charge in [-0.1, -0.05) is 57.2 Å². The van der Waals surface area contributed by atoms with Crippen molar-refractivity contribution in [3.8, 4) is 5.69 Å². The maximum Gasteiger partial charge on any atom is 0.350 e. The molecule has 42 heavy (non-hydrogen) atoms. The Morgan fingerprint density at radius 1 is 0.952 bits per heavy atom. The number of sulfonamides is 1. The van der Waals surface area contributed by atoms with Crippen molar-refractivity contribution in [2.45, 2.75) is 69.4 Å². The molecule has 2 aromatic carbocycles. The molecule has 0 spiro atoms. The number of unbranched alkanes of at least 4 members (excludes halogenated alkanes) is 5. The molecule has 0 aliphatic rings. The topological polar surface area (TPSA) is 131 Å². The highest BCUT2D eigenvalue weighted by Gasteiger charge is 2.15. The Morgan fingerprint density at radius 3 is 2.40 bits per heavy atom. The number of nitrogens with zero attached hydrogens (tertiary/aromatic N) is 4. The number of pyridine rings is 1. The summed E-state index contributed by atoms with van der Waals surface area (Å²) >= 11 is 0. The Hall–Kier alpha value is -3.80. The summed E-state index contributed by atoms with van der Waals surface area (Å²) in [4.78, 5) is 16.9. The number of rotatable bonds is 17. The van der Waals surface area contributed by atoms with Gasteiger partial charge in [-0.15, -0.1) is 0 Å². The second kappa shape index (κ2) is 15.4. The molecule has 2 aromatic heterocycles. The van der Waals surface area contributed by atoms with Crippen LogP contribution >= 0.6 is 0 Å². The summed E-state index contributed by atoms with van der Waals surface area (Å²) < 4.78 is 31.4. The monoisotopic (exact) mass is 592 g/mol. The first-order valence-corrected chi connectivity index (χ1v) is 16.0. The molecule has 11 heteroatoms. The van der Waals surface area contributed by atoms with Crippen LogP contribution in [0, 0.1) is 0 Å². The minimum Gasteiger partial charge on any atom is -0.387 e. The molecular formula is C31H40N6O4S. The Labute approximate surface area is 247 Å². The van der Waals surface area contributed by atoms with E-state index >= 15 is 0 Å². The fraction of sp³-hybridized carbons (Fsp3) is 0.387. The Kier molecular flexibility index (Phi) is 11.4. The quantitative estimate of drug-likeness (QED) is 0.154. The summed E-state index contributed by atoms with van der Waals surface area (Å²) in [5, 5.41) is 17.7. The van der Waals surface area contributed by atoms with Crippen molar-refractivity contribution in [3.63, 3.8) is 0 Å². The average molecular weight is 593 g/mol. The van der Waals surface area contributed by atoms with E-state index in [-0.39, 0.29) is 10.6 Å². The largest absolute Gasteiger partial charge is 0.387 e. The molecule has 0 saturated carbocycles. The molecule has 1 atom stereocenters. The fourth-order valence-corrected chi connectivity index (χ4v) is 5.67. The lowest BCUT2D eigenvalue weighted by Gasteiger charge is -2.12. The maximum atomic E-state index is 13.0. The van der Waals surface area contributed by atoms with Crippen LogP contribution in [0.4, 0.5) is 5.69 Å². The Balaban J connectivity index is 1.26. The van der Waals surface area contributed by atoms with Crippen molar-refractivity contribution in [1.82, 2.24) is 24.6 Å². The molecule has 1 unspecified atom stereocenters. The molecule has 4 rings (SSSR count). The highest BCUT2D eigenvalue weighted by molar-refractivity contribution is 7.92. The number of anilines is 1. The molecule has 0 saturated heterocycles. The van der Waals surface area contributed by atoms with E-state index in [4.69, 9.17) is 0 Å². The van der Waals surface area contributed by atoms with Gasteiger partial charge in [-0.25, -0.2) is 13.2 Å². The maximum absolute atomic E-state index is 13.0. The van der Waals surface area contributed by atoms with Gasteiger partial charge in [0, 0.05) is 36.7 Å². The third-order valence-electron chi connectivity index (χ3n) is 7.08. The summed E-state index contributed by atoms with van der Waals surface area (Å²) in [6.07, 6.45) is 11.8. The molecule has 0 fully saturated rings. The van der Waals surface area contributed by atoms with Gasteiger partial charge in [-0.3, -0.25) is 14.3 Å². The van der Waals surface area contributed by atoms with Crippen LogP contribution in [0.3, 0.4) is 0 Å². The van der Waals surface area contributed by atoms with Crippen molar-refractivity contribution in [2.24, 2.45) is 0 Å². The Morgan fingerprint density at radius 2 is 1.69 bits per heavy atom. The lowest BCUT2D eigenvalue weighted by molar-refractivity contribution is 0.174. The number of aliphatic hydroxyl groups is 1. The number of hydrogen-bond donors (Lipinski definition) is 3. The second-order valence-corrected chi connectivity index (χ2v) is 12.0. The van der Waals surface area contributed by atoms with Crippen molar-refractivity contribution >= 4 is 15.7 Å². The van der Waals surface area contributed by atoms with Gasteiger partial charge >= 0.3 is 5.69 Å². The lowest BCUT2D eigenvalue weighted by Crippen LogP contribution is -2.24. The predicted molar refractivity (Wildman–Crippen MR) is 164 cm³/mol. The molecular weight excluding hydrogens is 552 g/mol. The fourth-order valence-electron chi connectivity index (χ4n) is 4.61. The molecule has 10 nitrogen and oxygen atoms in total. The highest BCUT2D eigenvalue weighted by Crippen LogP contribution is 2.18. The zero-order valence-corrected chi connectivity index (χ0v) is 24.8. The zero-order valence-electron chi connectivity index (χ0n) is 24.0. The molecule has 0 radical (unpaired) electrons. The third kappa shape index (κ3) is 8.85. The number of aromatic nitrogens is 4. The van der Waals surface area contributed by atoms with E-state index in [1.54, 1.807) is 47.3 Å². The molecule has 2 heterocycles. The van der Waals surface area contributed by atoms with E-state index in [2.05, 4.69) is 27.0 Å². The summed E-state index contributed by atoms with van der Waals surface area (Å²) in [5.74, 6) is 0. The van der Waals surface area contributed by atoms with E-state index in [0.717, 1.165) is 30.4 Å². The van der Waals surface area contributed by atoms with Crippen LogP contribution in [-0.2, 0) is 23.0 Å². The van der Waals surface area contributed by atoms with Gasteiger partial charge in [-0.05, 0) is 67.4 Å². The molecule has 0 bridgehead atoms. The first-order chi connectivity index (χ1) is 20.4. The van der Waals surface area contributed by atoms with Gasteiger partial charge in [0.05, 0.1) is 16.7 Å². The van der Waals surface area contributed by atoms with Crippen molar-refractivity contribution in [2.75, 3.05) is 17.8 Å². The van der Waals surface area contributed by atoms with Crippen LogP contribution in [0.5, 0.6) is 0 Å². The Bertz CT molecular complexity index is 1540. The van der Waals surface area contributed by atoms with E-state index in [0.29, 0.717) is 31.0 Å². The van der Waals surface area contributed by atoms with Gasteiger partial charge in [0.25, 0.3) is 10.0 Å². The minimum atomic E-state index is -3.82. The number of benzene rings is 2. The molecule has 0 aliphatic carbocycles. The van der Waals surface area contributed by atoms with Crippen molar-refractivity contribution < 1.29 is 13.5 Å². The van der Waals surface area contributed by atoms with Gasteiger partial charge in [0.2, 0.25) is 0 Å². The minimum absolute atomic E-state index is 0.0891. The van der Waals surface area contributed by atoms with Gasteiger partial charge in [0.15, 0.2) is 0 Å². The summed E-state index contributed by atoms with van der Waals surface area (Å²) in [7, 11) is -3.82. The smallest absolute Gasteiger partial charge is 0.350 e. The van der Waals surface area contributed by atoms with E-state index in [1.807, 2.05) is 18.2 Å². The lowest BCUT2D eigenvalue weighted by atomic mass is 10.1. The standard InChI is InChI=1S/C31H40N6O4S/c1-2-3-4-5-6-7-21-36-24-34-37(31(36)39)28-14-16-29(17-15-28)42(40,41)35-27-12-10-25(11-13-27)18-20-33-23-30(38)26-9-8-19-32-22-26/h8-17,19,22,24,30,33,35,38H,2-7,18,20-21,23H2,1H3. The summed E-state index contributed by atoms with van der Waals surface area (Å²) in [6.45, 7) is 3.88. The molecule has 3 N–H and O–H groups in total. The summed E-state index contributed by atoms with van der Waals surface area (Å²) in [5.41, 5.74) is 2.52. The van der Waals surface area contributed by atoms with Crippen LogP contribution in [-0.4, -0.2) is 45.9 Å². The number of aryl methyl sites for hydroxylation is 1. The molecule has 224 valence electrons. The van der Waals surface area contributed by atoms with Crippen LogP contribution in [0.15, 0.2) is 89.1 Å². The van der Waals surface area contributed by atoms with E-state index < -0.39 is 16.1 Å². The van der Waals surface area contributed by atoms with E-state index in [1.165, 1.54) is 48.8 Å². The number of hydrogen-bond acceptors (Lipinski definition) is 7. The second-order valence-electron chi connectivity index (χ2n) is 10.3. The predicted octanol–water partition coefficient (Wildman–Crippen LogP) is 4.46. The first kappa shape index (κ1) is 31.1. The van der Waals surface area contributed by atoms with Crippen LogP contribution in [0.25, 0.3) is 5.69 Å². The number of aliphatic hydroxyl groups excluding tert-OH is 1. The normalized spacial score (nSPS) is 12.3. The molecule has 0 aliphatic heterocycles. The summed E-state index contributed by atoms with van der Waals surface area (Å²) in [6, 6.07) is 16.9. The SMILES string of the molecule is CCCCCCCCn1cnn(-c2ccc(S(=O)(=O)Nc3ccc(CCNCC(O)c4cccnc4)cc3)cc2)c1=O. The number of nitrogens with one attached hydrogen (secondary N) is 2. The van der Waals surface area contributed by atoms with Gasteiger partial charge in [0.1, 0.15) is 6.33 Å². The van der Waals surface area contributed by atoms with Crippen molar-refractivity contribution in [1.29, 1.82) is 0 Å². The van der Waals surface area contributed by atoms with Gasteiger partial charge in [-0.2, -0.15) is 9.78 Å². The van der Waals surface area contributed by atoms with Crippen LogP contribution < -0.4 is 15.7 Å². The van der Waals surface area contributed by atoms with Crippen LogP contribution in [0.1, 0.15) is 62.7 Å². The zero-order chi connectivity index (χ0) is 29.8. The van der Waals surface area contributed by atoms with E-state index in [9.17, 15) is 18.3 Å². The average Bonchev–Trinajstić information content (AvgIpc) is 3.38. The molecule has 4 aromatic rings. The molecule has 0 amide bonds. The third-order valence-corrected chi connectivity index (χ3v) is 8.48. The first-order valence-electron chi connectivity index (χ1n) is 14.5. The van der Waals surface area contributed by atoms with Crippen LogP contribution in [0.2, 0.25) is 0 Å². The van der Waals surface area contributed by atoms with Crippen molar-refractivity contribution in [3.05, 3.63) is 101 Å². The van der Waals surface area contributed by atoms with Gasteiger partial charge < -0.3 is 10.4 Å². The highest BCUT2D eigenvalue weighted by atomic mass is 32.2.